The second kappa shape index (κ2) is 3.97. The fourth-order valence-electron chi connectivity index (χ4n) is 1.43. The Morgan fingerprint density at radius 1 is 1.33 bits per heavy atom. The van der Waals surface area contributed by atoms with Gasteiger partial charge in [-0.15, -0.1) is 0 Å². The first kappa shape index (κ1) is 9.47. The van der Waals surface area contributed by atoms with Gasteiger partial charge in [0, 0.05) is 6.20 Å². The largest absolute Gasteiger partial charge is 0.268 e. The number of rotatable bonds is 2. The maximum Gasteiger partial charge on any atom is 0.0991 e. The molecule has 0 saturated heterocycles. The Morgan fingerprint density at radius 2 is 2.07 bits per heavy atom. The van der Waals surface area contributed by atoms with Crippen LogP contribution in [0, 0.1) is 18.3 Å². The Hall–Kier alpha value is -2.08. The number of nitriles is 1. The van der Waals surface area contributed by atoms with Crippen LogP contribution in [0.2, 0.25) is 0 Å². The van der Waals surface area contributed by atoms with Crippen LogP contribution in [0.1, 0.15) is 16.7 Å². The summed E-state index contributed by atoms with van der Waals surface area (Å²) in [5.41, 5.74) is 3.00. The van der Waals surface area contributed by atoms with Gasteiger partial charge in [0.1, 0.15) is 0 Å². The van der Waals surface area contributed by atoms with Gasteiger partial charge in [-0.05, 0) is 30.2 Å². The van der Waals surface area contributed by atoms with Crippen molar-refractivity contribution in [3.8, 4) is 6.07 Å². The number of aryl methyl sites for hydroxylation is 1. The van der Waals surface area contributed by atoms with Gasteiger partial charge in [-0.2, -0.15) is 10.4 Å². The van der Waals surface area contributed by atoms with E-state index in [1.807, 2.05) is 48.3 Å². The molecule has 3 nitrogen and oxygen atoms in total. The Kier molecular flexibility index (Phi) is 2.51. The third-order valence-corrected chi connectivity index (χ3v) is 2.19. The lowest BCUT2D eigenvalue weighted by Crippen LogP contribution is -1.99. The summed E-state index contributed by atoms with van der Waals surface area (Å²) in [5, 5.41) is 12.9. The van der Waals surface area contributed by atoms with Crippen LogP contribution >= 0.6 is 0 Å². The van der Waals surface area contributed by atoms with Crippen molar-refractivity contribution < 1.29 is 0 Å². The van der Waals surface area contributed by atoms with Gasteiger partial charge >= 0.3 is 0 Å². The first-order chi connectivity index (χ1) is 7.28. The Balaban J connectivity index is 2.15. The highest BCUT2D eigenvalue weighted by Crippen LogP contribution is 2.05. The van der Waals surface area contributed by atoms with Crippen LogP contribution in [0.25, 0.3) is 0 Å². The van der Waals surface area contributed by atoms with Gasteiger partial charge in [-0.3, -0.25) is 4.68 Å². The average Bonchev–Trinajstić information content (AvgIpc) is 2.65. The highest BCUT2D eigenvalue weighted by Gasteiger charge is 1.97. The van der Waals surface area contributed by atoms with Gasteiger partial charge in [0.15, 0.2) is 0 Å². The summed E-state index contributed by atoms with van der Waals surface area (Å²) in [6.45, 7) is 2.77. The van der Waals surface area contributed by atoms with Crippen molar-refractivity contribution in [3.63, 3.8) is 0 Å². The molecule has 15 heavy (non-hydrogen) atoms. The molecule has 0 aliphatic carbocycles. The molecular weight excluding hydrogens is 186 g/mol. The molecule has 1 heterocycles. The van der Waals surface area contributed by atoms with Gasteiger partial charge in [0.05, 0.1) is 24.4 Å². The van der Waals surface area contributed by atoms with E-state index in [9.17, 15) is 0 Å². The van der Waals surface area contributed by atoms with Crippen LogP contribution in [0.3, 0.4) is 0 Å². The highest BCUT2D eigenvalue weighted by molar-refractivity contribution is 5.31. The molecule has 0 unspecified atom stereocenters. The molecule has 0 N–H and O–H groups in total. The predicted molar refractivity (Wildman–Crippen MR) is 57.2 cm³/mol. The van der Waals surface area contributed by atoms with Crippen LogP contribution in [-0.2, 0) is 6.54 Å². The number of benzene rings is 1. The number of aromatic nitrogens is 2. The van der Waals surface area contributed by atoms with Crippen LogP contribution in [0.5, 0.6) is 0 Å². The monoisotopic (exact) mass is 197 g/mol. The molecule has 3 heteroatoms. The maximum atomic E-state index is 8.65. The van der Waals surface area contributed by atoms with E-state index in [1.165, 1.54) is 0 Å². The summed E-state index contributed by atoms with van der Waals surface area (Å²) in [5.74, 6) is 0. The van der Waals surface area contributed by atoms with E-state index >= 15 is 0 Å². The fraction of sp³-hybridized carbons (Fsp3) is 0.167. The van der Waals surface area contributed by atoms with Gasteiger partial charge in [0.2, 0.25) is 0 Å². The molecule has 0 aliphatic rings. The van der Waals surface area contributed by atoms with Gasteiger partial charge in [0.25, 0.3) is 0 Å². The van der Waals surface area contributed by atoms with Crippen molar-refractivity contribution in [1.82, 2.24) is 9.78 Å². The third-order valence-electron chi connectivity index (χ3n) is 2.19. The number of hydrogen-bond acceptors (Lipinski definition) is 2. The fourth-order valence-corrected chi connectivity index (χ4v) is 1.43. The van der Waals surface area contributed by atoms with Gasteiger partial charge in [-0.1, -0.05) is 12.1 Å². The number of hydrogen-bond donors (Lipinski definition) is 0. The molecule has 0 spiro atoms. The molecule has 0 bridgehead atoms. The normalized spacial score (nSPS) is 9.87. The van der Waals surface area contributed by atoms with Crippen LogP contribution in [-0.4, -0.2) is 9.78 Å². The predicted octanol–water partition coefficient (Wildman–Crippen LogP) is 2.11. The van der Waals surface area contributed by atoms with Crippen molar-refractivity contribution in [1.29, 1.82) is 5.26 Å². The lowest BCUT2D eigenvalue weighted by atomic mass is 10.1. The summed E-state index contributed by atoms with van der Waals surface area (Å²) in [4.78, 5) is 0. The van der Waals surface area contributed by atoms with Crippen molar-refractivity contribution in [3.05, 3.63) is 53.3 Å². The second-order valence-corrected chi connectivity index (χ2v) is 3.52. The first-order valence-corrected chi connectivity index (χ1v) is 4.76. The topological polar surface area (TPSA) is 41.6 Å². The summed E-state index contributed by atoms with van der Waals surface area (Å²) in [6, 6.07) is 9.66. The average molecular weight is 197 g/mol. The molecule has 1 aromatic heterocycles. The van der Waals surface area contributed by atoms with E-state index < -0.39 is 0 Å². The zero-order chi connectivity index (χ0) is 10.7. The molecule has 0 fully saturated rings. The van der Waals surface area contributed by atoms with E-state index in [0.29, 0.717) is 5.56 Å². The molecule has 0 atom stereocenters. The Labute approximate surface area is 88.6 Å². The molecular formula is C12H11N3. The van der Waals surface area contributed by atoms with Crippen LogP contribution < -0.4 is 0 Å². The Bertz CT molecular complexity index is 488. The SMILES string of the molecule is Cc1cnn(Cc2ccc(C#N)cc2)c1. The van der Waals surface area contributed by atoms with E-state index in [2.05, 4.69) is 11.2 Å². The van der Waals surface area contributed by atoms with E-state index in [4.69, 9.17) is 5.26 Å². The smallest absolute Gasteiger partial charge is 0.0991 e. The van der Waals surface area contributed by atoms with E-state index in [0.717, 1.165) is 17.7 Å². The van der Waals surface area contributed by atoms with Gasteiger partial charge < -0.3 is 0 Å². The minimum absolute atomic E-state index is 0.690. The van der Waals surface area contributed by atoms with Gasteiger partial charge in [-0.25, -0.2) is 0 Å². The van der Waals surface area contributed by atoms with Crippen molar-refractivity contribution in [2.75, 3.05) is 0 Å². The molecule has 0 amide bonds. The number of nitrogens with zero attached hydrogens (tertiary/aromatic N) is 3. The zero-order valence-corrected chi connectivity index (χ0v) is 8.51. The molecule has 0 aliphatic heterocycles. The second-order valence-electron chi connectivity index (χ2n) is 3.52. The van der Waals surface area contributed by atoms with Crippen molar-refractivity contribution >= 4 is 0 Å². The minimum atomic E-state index is 0.690. The molecule has 0 saturated carbocycles. The molecule has 2 rings (SSSR count). The molecule has 2 aromatic rings. The molecule has 1 aromatic carbocycles. The van der Waals surface area contributed by atoms with Crippen molar-refractivity contribution in [2.24, 2.45) is 0 Å². The summed E-state index contributed by atoms with van der Waals surface area (Å²) < 4.78 is 1.89. The van der Waals surface area contributed by atoms with E-state index in [1.54, 1.807) is 0 Å². The maximum absolute atomic E-state index is 8.65. The zero-order valence-electron chi connectivity index (χ0n) is 8.51. The minimum Gasteiger partial charge on any atom is -0.268 e. The lowest BCUT2D eigenvalue weighted by molar-refractivity contribution is 0.686. The lowest BCUT2D eigenvalue weighted by Gasteiger charge is -2.01. The van der Waals surface area contributed by atoms with Crippen molar-refractivity contribution in [2.45, 2.75) is 13.5 Å². The first-order valence-electron chi connectivity index (χ1n) is 4.76. The molecule has 74 valence electrons. The standard InChI is InChI=1S/C12H11N3/c1-10-7-14-15(8-10)9-12-4-2-11(6-13)3-5-12/h2-5,7-8H,9H2,1H3. The Morgan fingerprint density at radius 3 is 2.60 bits per heavy atom. The quantitative estimate of drug-likeness (QED) is 0.739. The summed E-state index contributed by atoms with van der Waals surface area (Å²) in [7, 11) is 0. The summed E-state index contributed by atoms with van der Waals surface area (Å²) in [6.07, 6.45) is 3.84. The van der Waals surface area contributed by atoms with Crippen LogP contribution in [0.4, 0.5) is 0 Å². The van der Waals surface area contributed by atoms with Crippen LogP contribution in [0.15, 0.2) is 36.7 Å². The highest BCUT2D eigenvalue weighted by atomic mass is 15.3. The third kappa shape index (κ3) is 2.23. The van der Waals surface area contributed by atoms with E-state index in [-0.39, 0.29) is 0 Å². The molecule has 0 radical (unpaired) electrons. The summed E-state index contributed by atoms with van der Waals surface area (Å²) >= 11 is 0.